The molecule has 3 N–H and O–H groups in total. The Morgan fingerprint density at radius 2 is 2.00 bits per heavy atom. The van der Waals surface area contributed by atoms with Gasteiger partial charge in [0, 0.05) is 17.6 Å². The molecule has 1 aromatic carbocycles. The normalized spacial score (nSPS) is 10.5. The summed E-state index contributed by atoms with van der Waals surface area (Å²) in [5.41, 5.74) is 0.522. The van der Waals surface area contributed by atoms with Gasteiger partial charge in [0.1, 0.15) is 0 Å². The monoisotopic (exact) mass is 212 g/mol. The van der Waals surface area contributed by atoms with Gasteiger partial charge in [0.2, 0.25) is 0 Å². The lowest BCUT2D eigenvalue weighted by Gasteiger charge is -1.98. The van der Waals surface area contributed by atoms with Gasteiger partial charge in [0.25, 0.3) is 0 Å². The first-order valence-corrected chi connectivity index (χ1v) is 4.04. The minimum absolute atomic E-state index is 0.191. The molecular formula is C9H6F2N2O2. The van der Waals surface area contributed by atoms with Crippen molar-refractivity contribution in [3.8, 4) is 0 Å². The van der Waals surface area contributed by atoms with Gasteiger partial charge >= 0.3 is 6.09 Å². The van der Waals surface area contributed by atoms with Crippen molar-refractivity contribution in [1.82, 2.24) is 4.98 Å². The first-order chi connectivity index (χ1) is 7.08. The van der Waals surface area contributed by atoms with E-state index >= 15 is 0 Å². The molecule has 0 unspecified atom stereocenters. The molecular weight excluding hydrogens is 206 g/mol. The second-order valence-corrected chi connectivity index (χ2v) is 2.94. The summed E-state index contributed by atoms with van der Waals surface area (Å²) in [7, 11) is 0. The first-order valence-electron chi connectivity index (χ1n) is 4.04. The molecule has 0 bridgehead atoms. The SMILES string of the molecule is O=C(O)Nc1c[nH]c2cc(F)c(F)cc12. The van der Waals surface area contributed by atoms with Crippen LogP contribution in [0.2, 0.25) is 0 Å². The molecule has 0 aliphatic carbocycles. The molecule has 2 aromatic rings. The highest BCUT2D eigenvalue weighted by Crippen LogP contribution is 2.25. The molecule has 0 atom stereocenters. The van der Waals surface area contributed by atoms with Crippen molar-refractivity contribution in [2.45, 2.75) is 0 Å². The lowest BCUT2D eigenvalue weighted by molar-refractivity contribution is 0.210. The Morgan fingerprint density at radius 1 is 1.33 bits per heavy atom. The summed E-state index contributed by atoms with van der Waals surface area (Å²) in [5, 5.41) is 10.8. The van der Waals surface area contributed by atoms with Crippen LogP contribution in [0, 0.1) is 11.6 Å². The average Bonchev–Trinajstić information content (AvgIpc) is 2.49. The van der Waals surface area contributed by atoms with Gasteiger partial charge in [-0.25, -0.2) is 13.6 Å². The van der Waals surface area contributed by atoms with E-state index in [9.17, 15) is 13.6 Å². The Hall–Kier alpha value is -2.11. The van der Waals surface area contributed by atoms with E-state index in [1.165, 1.54) is 6.20 Å². The number of hydrogen-bond acceptors (Lipinski definition) is 1. The molecule has 0 aliphatic heterocycles. The Morgan fingerprint density at radius 3 is 2.67 bits per heavy atom. The number of anilines is 1. The molecule has 0 saturated carbocycles. The number of aromatic nitrogens is 1. The van der Waals surface area contributed by atoms with E-state index in [-0.39, 0.29) is 11.1 Å². The molecule has 0 aliphatic rings. The number of fused-ring (bicyclic) bond motifs is 1. The van der Waals surface area contributed by atoms with E-state index in [0.29, 0.717) is 5.52 Å². The Kier molecular flexibility index (Phi) is 2.03. The lowest BCUT2D eigenvalue weighted by Crippen LogP contribution is -2.06. The number of H-pyrrole nitrogens is 1. The number of rotatable bonds is 1. The molecule has 1 amide bonds. The minimum Gasteiger partial charge on any atom is -0.465 e. The maximum absolute atomic E-state index is 12.9. The van der Waals surface area contributed by atoms with Crippen LogP contribution in [0.25, 0.3) is 10.9 Å². The van der Waals surface area contributed by atoms with E-state index in [1.807, 2.05) is 0 Å². The van der Waals surface area contributed by atoms with Crippen molar-refractivity contribution in [2.75, 3.05) is 5.32 Å². The molecule has 1 aromatic heterocycles. The molecule has 6 heteroatoms. The van der Waals surface area contributed by atoms with Crippen molar-refractivity contribution in [3.05, 3.63) is 30.0 Å². The second-order valence-electron chi connectivity index (χ2n) is 2.94. The topological polar surface area (TPSA) is 65.1 Å². The molecule has 0 saturated heterocycles. The number of aromatic amines is 1. The van der Waals surface area contributed by atoms with Gasteiger partial charge in [-0.2, -0.15) is 0 Å². The van der Waals surface area contributed by atoms with Gasteiger partial charge in [0.05, 0.1) is 11.2 Å². The third-order valence-corrected chi connectivity index (χ3v) is 1.96. The largest absolute Gasteiger partial charge is 0.465 e. The molecule has 15 heavy (non-hydrogen) atoms. The second kappa shape index (κ2) is 3.23. The summed E-state index contributed by atoms with van der Waals surface area (Å²) in [4.78, 5) is 13.0. The predicted molar refractivity (Wildman–Crippen MR) is 49.9 cm³/mol. The van der Waals surface area contributed by atoms with E-state index < -0.39 is 17.7 Å². The van der Waals surface area contributed by atoms with Gasteiger partial charge in [-0.15, -0.1) is 0 Å². The van der Waals surface area contributed by atoms with Crippen LogP contribution in [-0.4, -0.2) is 16.2 Å². The number of halogens is 2. The van der Waals surface area contributed by atoms with E-state index in [4.69, 9.17) is 5.11 Å². The predicted octanol–water partition coefficient (Wildman–Crippen LogP) is 2.54. The fraction of sp³-hybridized carbons (Fsp3) is 0. The van der Waals surface area contributed by atoms with Crippen molar-refractivity contribution in [2.24, 2.45) is 0 Å². The summed E-state index contributed by atoms with van der Waals surface area (Å²) in [6.45, 7) is 0. The van der Waals surface area contributed by atoms with Crippen LogP contribution in [0.15, 0.2) is 18.3 Å². The number of amides is 1. The summed E-state index contributed by atoms with van der Waals surface area (Å²) >= 11 is 0. The van der Waals surface area contributed by atoms with E-state index in [1.54, 1.807) is 0 Å². The minimum atomic E-state index is -1.26. The number of hydrogen-bond donors (Lipinski definition) is 3. The molecule has 0 spiro atoms. The smallest absolute Gasteiger partial charge is 0.409 e. The number of benzene rings is 1. The molecule has 1 heterocycles. The van der Waals surface area contributed by atoms with Crippen LogP contribution in [0.3, 0.4) is 0 Å². The van der Waals surface area contributed by atoms with Crippen LogP contribution in [0.5, 0.6) is 0 Å². The fourth-order valence-corrected chi connectivity index (χ4v) is 1.34. The lowest BCUT2D eigenvalue weighted by atomic mass is 10.2. The summed E-state index contributed by atoms with van der Waals surface area (Å²) in [6.07, 6.45) is 0.0677. The fourth-order valence-electron chi connectivity index (χ4n) is 1.34. The number of carbonyl (C=O) groups is 1. The number of carboxylic acid groups (broad SMARTS) is 1. The molecule has 2 rings (SSSR count). The Balaban J connectivity index is 2.59. The first kappa shape index (κ1) is 9.45. The Labute approximate surface area is 82.5 Å². The highest BCUT2D eigenvalue weighted by Gasteiger charge is 2.10. The third-order valence-electron chi connectivity index (χ3n) is 1.96. The van der Waals surface area contributed by atoms with E-state index in [2.05, 4.69) is 10.3 Å². The molecule has 0 fully saturated rings. The zero-order valence-corrected chi connectivity index (χ0v) is 7.34. The van der Waals surface area contributed by atoms with Crippen LogP contribution in [-0.2, 0) is 0 Å². The van der Waals surface area contributed by atoms with Crippen LogP contribution in [0.4, 0.5) is 19.3 Å². The van der Waals surface area contributed by atoms with Gasteiger partial charge in [-0.05, 0) is 6.07 Å². The zero-order valence-electron chi connectivity index (χ0n) is 7.34. The van der Waals surface area contributed by atoms with Gasteiger partial charge < -0.3 is 10.1 Å². The molecule has 0 radical (unpaired) electrons. The third kappa shape index (κ3) is 1.61. The number of nitrogens with one attached hydrogen (secondary N) is 2. The molecule has 78 valence electrons. The summed E-state index contributed by atoms with van der Waals surface area (Å²) < 4.78 is 25.7. The van der Waals surface area contributed by atoms with Gasteiger partial charge in [-0.1, -0.05) is 0 Å². The highest BCUT2D eigenvalue weighted by atomic mass is 19.2. The highest BCUT2D eigenvalue weighted by molar-refractivity contribution is 5.98. The van der Waals surface area contributed by atoms with Gasteiger partial charge in [0.15, 0.2) is 11.6 Å². The molecule has 4 nitrogen and oxygen atoms in total. The van der Waals surface area contributed by atoms with E-state index in [0.717, 1.165) is 12.1 Å². The van der Waals surface area contributed by atoms with Gasteiger partial charge in [-0.3, -0.25) is 5.32 Å². The van der Waals surface area contributed by atoms with Crippen molar-refractivity contribution in [1.29, 1.82) is 0 Å². The summed E-state index contributed by atoms with van der Waals surface area (Å²) in [5.74, 6) is -2.00. The average molecular weight is 212 g/mol. The van der Waals surface area contributed by atoms with Crippen molar-refractivity contribution >= 4 is 22.7 Å². The van der Waals surface area contributed by atoms with Crippen molar-refractivity contribution in [3.63, 3.8) is 0 Å². The van der Waals surface area contributed by atoms with Crippen LogP contribution in [0.1, 0.15) is 0 Å². The Bertz CT molecular complexity index is 536. The maximum atomic E-state index is 12.9. The van der Waals surface area contributed by atoms with Crippen molar-refractivity contribution < 1.29 is 18.7 Å². The summed E-state index contributed by atoms with van der Waals surface area (Å²) in [6, 6.07) is 1.91. The quantitative estimate of drug-likeness (QED) is 0.680. The van der Waals surface area contributed by atoms with Crippen LogP contribution < -0.4 is 5.32 Å². The standard InChI is InChI=1S/C9H6F2N2O2/c10-5-1-4-7(2-6(5)11)12-3-8(4)13-9(14)15/h1-3,12-13H,(H,14,15). The maximum Gasteiger partial charge on any atom is 0.409 e. The zero-order chi connectivity index (χ0) is 11.0. The van der Waals surface area contributed by atoms with Crippen LogP contribution >= 0.6 is 0 Å².